The molecule has 0 aliphatic rings. The maximum atomic E-state index is 12.3. The van der Waals surface area contributed by atoms with Gasteiger partial charge in [0.15, 0.2) is 0 Å². The van der Waals surface area contributed by atoms with Gasteiger partial charge in [0.1, 0.15) is 11.7 Å². The Morgan fingerprint density at radius 2 is 1.95 bits per heavy atom. The number of alkyl halides is 3. The first-order valence-electron chi connectivity index (χ1n) is 5.46. The monoisotopic (exact) mass is 305 g/mol. The zero-order valence-electron chi connectivity index (χ0n) is 10.3. The number of hydrogen-bond donors (Lipinski definition) is 3. The fourth-order valence-electron chi connectivity index (χ4n) is 1.34. The summed E-state index contributed by atoms with van der Waals surface area (Å²) in [6.07, 6.45) is -4.64. The van der Waals surface area contributed by atoms with Crippen LogP contribution < -0.4 is 11.1 Å². The molecule has 0 aromatic carbocycles. The summed E-state index contributed by atoms with van der Waals surface area (Å²) < 4.78 is 36.9. The molecule has 0 aliphatic heterocycles. The molecule has 10 heteroatoms. The van der Waals surface area contributed by atoms with Gasteiger partial charge in [-0.1, -0.05) is 0 Å². The van der Waals surface area contributed by atoms with E-state index in [1.54, 1.807) is 0 Å². The SMILES string of the molecule is NC(=O)C[C@H](NC(=O)c1ccc(C(F)(F)F)nc1)C(=O)O. The highest BCUT2D eigenvalue weighted by molar-refractivity contribution is 5.97. The van der Waals surface area contributed by atoms with Gasteiger partial charge in [0.2, 0.25) is 5.91 Å². The summed E-state index contributed by atoms with van der Waals surface area (Å²) in [4.78, 5) is 36.2. The minimum Gasteiger partial charge on any atom is -0.480 e. The molecule has 0 spiro atoms. The van der Waals surface area contributed by atoms with Gasteiger partial charge in [0.25, 0.3) is 5.91 Å². The van der Waals surface area contributed by atoms with Gasteiger partial charge in [0.05, 0.1) is 12.0 Å². The van der Waals surface area contributed by atoms with Crippen molar-refractivity contribution in [1.29, 1.82) is 0 Å². The Hall–Kier alpha value is -2.65. The molecule has 0 aliphatic carbocycles. The number of nitrogens with two attached hydrogens (primary N) is 1. The number of hydrogen-bond acceptors (Lipinski definition) is 4. The Balaban J connectivity index is 2.83. The van der Waals surface area contributed by atoms with Crippen LogP contribution in [-0.4, -0.2) is 33.9 Å². The molecule has 1 rings (SSSR count). The maximum Gasteiger partial charge on any atom is 0.433 e. The van der Waals surface area contributed by atoms with E-state index < -0.39 is 42.1 Å². The molecule has 0 radical (unpaired) electrons. The van der Waals surface area contributed by atoms with Crippen LogP contribution in [0.1, 0.15) is 22.5 Å². The molecule has 114 valence electrons. The lowest BCUT2D eigenvalue weighted by Crippen LogP contribution is -2.43. The van der Waals surface area contributed by atoms with Crippen LogP contribution in [0.4, 0.5) is 13.2 Å². The smallest absolute Gasteiger partial charge is 0.433 e. The van der Waals surface area contributed by atoms with Crippen molar-refractivity contribution in [2.45, 2.75) is 18.6 Å². The van der Waals surface area contributed by atoms with E-state index in [9.17, 15) is 27.6 Å². The highest BCUT2D eigenvalue weighted by atomic mass is 19.4. The number of aromatic nitrogens is 1. The molecule has 0 saturated heterocycles. The van der Waals surface area contributed by atoms with Crippen LogP contribution in [-0.2, 0) is 15.8 Å². The summed E-state index contributed by atoms with van der Waals surface area (Å²) in [6.45, 7) is 0. The first-order chi connectivity index (χ1) is 9.61. The fraction of sp³-hybridized carbons (Fsp3) is 0.273. The number of halogens is 3. The molecule has 0 bridgehead atoms. The van der Waals surface area contributed by atoms with Gasteiger partial charge in [-0.2, -0.15) is 13.2 Å². The molecular weight excluding hydrogens is 295 g/mol. The standard InChI is InChI=1S/C11H10F3N3O4/c12-11(13,14)7-2-1-5(4-16-7)9(19)17-6(10(20)21)3-8(15)18/h1-2,4,6H,3H2,(H2,15,18)(H,17,19)(H,20,21)/t6-/m0/s1. The van der Waals surface area contributed by atoms with Crippen molar-refractivity contribution in [1.82, 2.24) is 10.3 Å². The van der Waals surface area contributed by atoms with Gasteiger partial charge < -0.3 is 16.2 Å². The number of aliphatic carboxylic acids is 1. The Kier molecular flexibility index (Phi) is 4.84. The van der Waals surface area contributed by atoms with Gasteiger partial charge in [-0.15, -0.1) is 0 Å². The molecule has 1 atom stereocenters. The largest absolute Gasteiger partial charge is 0.480 e. The topological polar surface area (TPSA) is 122 Å². The van der Waals surface area contributed by atoms with Crippen LogP contribution in [0.2, 0.25) is 0 Å². The molecule has 21 heavy (non-hydrogen) atoms. The van der Waals surface area contributed by atoms with Crippen molar-refractivity contribution >= 4 is 17.8 Å². The van der Waals surface area contributed by atoms with E-state index in [1.165, 1.54) is 0 Å². The Labute approximate surface area is 116 Å². The summed E-state index contributed by atoms with van der Waals surface area (Å²) >= 11 is 0. The molecule has 1 heterocycles. The Morgan fingerprint density at radius 3 is 2.33 bits per heavy atom. The molecule has 0 fully saturated rings. The average molecular weight is 305 g/mol. The number of carbonyl (C=O) groups is 3. The quantitative estimate of drug-likeness (QED) is 0.715. The highest BCUT2D eigenvalue weighted by Gasteiger charge is 2.32. The lowest BCUT2D eigenvalue weighted by Gasteiger charge is -2.13. The zero-order chi connectivity index (χ0) is 16.2. The van der Waals surface area contributed by atoms with Crippen molar-refractivity contribution < 1.29 is 32.7 Å². The average Bonchev–Trinajstić information content (AvgIpc) is 2.36. The predicted octanol–water partition coefficient (Wildman–Crippen LogP) is 0.159. The summed E-state index contributed by atoms with van der Waals surface area (Å²) in [5.41, 5.74) is 3.35. The van der Waals surface area contributed by atoms with Gasteiger partial charge in [0, 0.05) is 6.20 Å². The van der Waals surface area contributed by atoms with Crippen LogP contribution >= 0.6 is 0 Å². The fourth-order valence-corrected chi connectivity index (χ4v) is 1.34. The molecule has 1 aromatic rings. The van der Waals surface area contributed by atoms with E-state index in [1.807, 2.05) is 5.32 Å². The van der Waals surface area contributed by atoms with Crippen molar-refractivity contribution in [2.75, 3.05) is 0 Å². The minimum atomic E-state index is -4.65. The van der Waals surface area contributed by atoms with E-state index in [0.29, 0.717) is 12.3 Å². The maximum absolute atomic E-state index is 12.3. The number of nitrogens with one attached hydrogen (secondary N) is 1. The number of primary amides is 1. The first kappa shape index (κ1) is 16.4. The van der Waals surface area contributed by atoms with E-state index in [-0.39, 0.29) is 5.56 Å². The number of carboxylic acid groups (broad SMARTS) is 1. The van der Waals surface area contributed by atoms with Crippen molar-refractivity contribution in [3.05, 3.63) is 29.6 Å². The number of nitrogens with zero attached hydrogens (tertiary/aromatic N) is 1. The van der Waals surface area contributed by atoms with Crippen LogP contribution in [0, 0.1) is 0 Å². The second-order valence-electron chi connectivity index (χ2n) is 3.96. The molecule has 0 saturated carbocycles. The number of pyridine rings is 1. The number of carboxylic acids is 1. The van der Waals surface area contributed by atoms with E-state index in [2.05, 4.69) is 4.98 Å². The van der Waals surface area contributed by atoms with Crippen LogP contribution in [0.5, 0.6) is 0 Å². The van der Waals surface area contributed by atoms with Gasteiger partial charge >= 0.3 is 12.1 Å². The second-order valence-corrected chi connectivity index (χ2v) is 3.96. The van der Waals surface area contributed by atoms with Gasteiger partial charge in [-0.3, -0.25) is 14.6 Å². The third kappa shape index (κ3) is 4.75. The number of carbonyl (C=O) groups excluding carboxylic acids is 2. The van der Waals surface area contributed by atoms with Gasteiger partial charge in [-0.25, -0.2) is 4.79 Å². The lowest BCUT2D eigenvalue weighted by molar-refractivity contribution is -0.141. The molecule has 7 nitrogen and oxygen atoms in total. The molecule has 2 amide bonds. The Morgan fingerprint density at radius 1 is 1.33 bits per heavy atom. The Bertz CT molecular complexity index is 557. The zero-order valence-corrected chi connectivity index (χ0v) is 10.3. The van der Waals surface area contributed by atoms with Crippen molar-refractivity contribution in [3.8, 4) is 0 Å². The molecular formula is C11H10F3N3O4. The van der Waals surface area contributed by atoms with E-state index >= 15 is 0 Å². The predicted molar refractivity (Wildman–Crippen MR) is 61.9 cm³/mol. The van der Waals surface area contributed by atoms with Crippen LogP contribution in [0.25, 0.3) is 0 Å². The molecule has 0 unspecified atom stereocenters. The second kappa shape index (κ2) is 6.20. The van der Waals surface area contributed by atoms with Crippen molar-refractivity contribution in [2.24, 2.45) is 5.73 Å². The summed E-state index contributed by atoms with van der Waals surface area (Å²) in [5, 5.41) is 10.7. The van der Waals surface area contributed by atoms with Gasteiger partial charge in [-0.05, 0) is 12.1 Å². The summed E-state index contributed by atoms with van der Waals surface area (Å²) in [6, 6.07) is -0.148. The van der Waals surface area contributed by atoms with E-state index in [4.69, 9.17) is 10.8 Å². The lowest BCUT2D eigenvalue weighted by atomic mass is 10.1. The first-order valence-corrected chi connectivity index (χ1v) is 5.46. The normalized spacial score (nSPS) is 12.5. The summed E-state index contributed by atoms with van der Waals surface area (Å²) in [7, 11) is 0. The van der Waals surface area contributed by atoms with E-state index in [0.717, 1.165) is 6.07 Å². The summed E-state index contributed by atoms with van der Waals surface area (Å²) in [5.74, 6) is -3.43. The third-order valence-electron chi connectivity index (χ3n) is 2.32. The third-order valence-corrected chi connectivity index (χ3v) is 2.32. The number of rotatable bonds is 5. The molecule has 4 N–H and O–H groups in total. The minimum absolute atomic E-state index is 0.279. The van der Waals surface area contributed by atoms with Crippen molar-refractivity contribution in [3.63, 3.8) is 0 Å². The van der Waals surface area contributed by atoms with Crippen LogP contribution in [0.3, 0.4) is 0 Å². The highest BCUT2D eigenvalue weighted by Crippen LogP contribution is 2.27. The number of amides is 2. The molecule has 1 aromatic heterocycles. The van der Waals surface area contributed by atoms with Crippen LogP contribution in [0.15, 0.2) is 18.3 Å².